The number of carbonyl (C=O) groups excluding carboxylic acids is 1. The Labute approximate surface area is 124 Å². The third-order valence-electron chi connectivity index (χ3n) is 2.45. The number of carbonyl (C=O) groups is 1. The van der Waals surface area contributed by atoms with Crippen molar-refractivity contribution >= 4 is 29.1 Å². The summed E-state index contributed by atoms with van der Waals surface area (Å²) in [6, 6.07) is 3.13. The lowest BCUT2D eigenvalue weighted by atomic mass is 9.82. The van der Waals surface area contributed by atoms with Crippen molar-refractivity contribution in [3.05, 3.63) is 28.0 Å². The second-order valence-electron chi connectivity index (χ2n) is 6.54. The van der Waals surface area contributed by atoms with E-state index in [-0.39, 0.29) is 27.7 Å². The lowest BCUT2D eigenvalue weighted by Crippen LogP contribution is -2.46. The first kappa shape index (κ1) is 16.3. The van der Waals surface area contributed by atoms with E-state index in [9.17, 15) is 4.79 Å². The molecule has 106 valence electrons. The molecule has 0 spiro atoms. The zero-order valence-corrected chi connectivity index (χ0v) is 13.5. The van der Waals surface area contributed by atoms with Gasteiger partial charge in [0, 0.05) is 5.54 Å². The fraction of sp³-hybridized carbons (Fsp3) is 0.571. The molecule has 3 nitrogen and oxygen atoms in total. The minimum absolute atomic E-state index is 0.113. The van der Waals surface area contributed by atoms with Gasteiger partial charge >= 0.3 is 0 Å². The van der Waals surface area contributed by atoms with Crippen LogP contribution in [0, 0.1) is 5.41 Å². The Kier molecular flexibility index (Phi) is 4.86. The van der Waals surface area contributed by atoms with Crippen LogP contribution < -0.4 is 5.32 Å². The van der Waals surface area contributed by atoms with Crippen molar-refractivity contribution in [2.24, 2.45) is 5.41 Å². The Morgan fingerprint density at radius 2 is 1.79 bits per heavy atom. The Bertz CT molecular complexity index is 479. The molecule has 1 heterocycles. The van der Waals surface area contributed by atoms with Gasteiger partial charge in [0.15, 0.2) is 0 Å². The van der Waals surface area contributed by atoms with Crippen LogP contribution >= 0.6 is 23.2 Å². The highest BCUT2D eigenvalue weighted by Crippen LogP contribution is 2.27. The molecule has 0 unspecified atom stereocenters. The molecular formula is C14H20Cl2N2O. The molecule has 0 saturated heterocycles. The maximum atomic E-state index is 12.2. The molecule has 19 heavy (non-hydrogen) atoms. The summed E-state index contributed by atoms with van der Waals surface area (Å²) in [6.45, 7) is 10.4. The molecule has 1 amide bonds. The number of hydrogen-bond donors (Lipinski definition) is 1. The smallest absolute Gasteiger partial charge is 0.271 e. The van der Waals surface area contributed by atoms with Gasteiger partial charge in [-0.15, -0.1) is 0 Å². The number of hydrogen-bond acceptors (Lipinski definition) is 2. The molecule has 1 rings (SSSR count). The first-order chi connectivity index (χ1) is 8.50. The van der Waals surface area contributed by atoms with Crippen LogP contribution in [0.25, 0.3) is 0 Å². The SMILES string of the molecule is CC(C)(C)CC(C)(C)NC(=O)c1nc(Cl)ccc1Cl. The van der Waals surface area contributed by atoms with Crippen LogP contribution in [0.4, 0.5) is 0 Å². The predicted octanol–water partition coefficient (Wildman–Crippen LogP) is 4.33. The molecule has 0 aliphatic rings. The van der Waals surface area contributed by atoms with Gasteiger partial charge in [-0.1, -0.05) is 44.0 Å². The highest BCUT2D eigenvalue weighted by Gasteiger charge is 2.28. The van der Waals surface area contributed by atoms with Gasteiger partial charge in [-0.25, -0.2) is 4.98 Å². The van der Waals surface area contributed by atoms with Crippen molar-refractivity contribution in [2.75, 3.05) is 0 Å². The summed E-state index contributed by atoms with van der Waals surface area (Å²) in [5.74, 6) is -0.304. The number of nitrogens with zero attached hydrogens (tertiary/aromatic N) is 1. The maximum Gasteiger partial charge on any atom is 0.271 e. The highest BCUT2D eigenvalue weighted by atomic mass is 35.5. The molecule has 0 saturated carbocycles. The largest absolute Gasteiger partial charge is 0.346 e. The molecule has 0 aliphatic heterocycles. The zero-order chi connectivity index (χ0) is 14.8. The first-order valence-electron chi connectivity index (χ1n) is 6.15. The summed E-state index contributed by atoms with van der Waals surface area (Å²) in [4.78, 5) is 16.2. The van der Waals surface area contributed by atoms with Crippen molar-refractivity contribution in [2.45, 2.75) is 46.6 Å². The van der Waals surface area contributed by atoms with Gasteiger partial charge in [0.1, 0.15) is 10.8 Å². The van der Waals surface area contributed by atoms with Crippen molar-refractivity contribution in [1.82, 2.24) is 10.3 Å². The van der Waals surface area contributed by atoms with E-state index in [1.807, 2.05) is 13.8 Å². The summed E-state index contributed by atoms with van der Waals surface area (Å²) >= 11 is 11.8. The normalized spacial score (nSPS) is 12.4. The van der Waals surface area contributed by atoms with Gasteiger partial charge in [-0.2, -0.15) is 0 Å². The lowest BCUT2D eigenvalue weighted by molar-refractivity contribution is 0.0886. The monoisotopic (exact) mass is 302 g/mol. The summed E-state index contributed by atoms with van der Waals surface area (Å²) in [5.41, 5.74) is -0.0681. The van der Waals surface area contributed by atoms with Crippen LogP contribution in [0.1, 0.15) is 51.5 Å². The van der Waals surface area contributed by atoms with Crippen LogP contribution in [0.2, 0.25) is 10.2 Å². The fourth-order valence-corrected chi connectivity index (χ4v) is 2.65. The van der Waals surface area contributed by atoms with Gasteiger partial charge in [0.2, 0.25) is 0 Å². The van der Waals surface area contributed by atoms with Crippen molar-refractivity contribution in [1.29, 1.82) is 0 Å². The number of halogens is 2. The maximum absolute atomic E-state index is 12.2. The van der Waals surface area contributed by atoms with Gasteiger partial charge in [-0.05, 0) is 37.8 Å². The second-order valence-corrected chi connectivity index (χ2v) is 7.33. The Balaban J connectivity index is 2.87. The van der Waals surface area contributed by atoms with Gasteiger partial charge in [-0.3, -0.25) is 4.79 Å². The summed E-state index contributed by atoms with van der Waals surface area (Å²) < 4.78 is 0. The summed E-state index contributed by atoms with van der Waals surface area (Å²) in [6.07, 6.45) is 0.837. The van der Waals surface area contributed by atoms with Crippen LogP contribution in [0.15, 0.2) is 12.1 Å². The van der Waals surface area contributed by atoms with Crippen LogP contribution in [0.3, 0.4) is 0 Å². The molecule has 1 aromatic heterocycles. The molecule has 0 aromatic carbocycles. The second kappa shape index (κ2) is 5.68. The van der Waals surface area contributed by atoms with E-state index in [0.717, 1.165) is 6.42 Å². The fourth-order valence-electron chi connectivity index (χ4n) is 2.31. The zero-order valence-electron chi connectivity index (χ0n) is 12.0. The van der Waals surface area contributed by atoms with E-state index >= 15 is 0 Å². The Hall–Kier alpha value is -0.800. The number of amides is 1. The first-order valence-corrected chi connectivity index (χ1v) is 6.90. The quantitative estimate of drug-likeness (QED) is 0.844. The molecule has 0 radical (unpaired) electrons. The van der Waals surface area contributed by atoms with Crippen molar-refractivity contribution in [3.8, 4) is 0 Å². The minimum Gasteiger partial charge on any atom is -0.346 e. The van der Waals surface area contributed by atoms with Gasteiger partial charge < -0.3 is 5.32 Å². The van der Waals surface area contributed by atoms with Crippen molar-refractivity contribution in [3.63, 3.8) is 0 Å². The molecular weight excluding hydrogens is 283 g/mol. The summed E-state index contributed by atoms with van der Waals surface area (Å²) in [5, 5.41) is 3.51. The molecule has 0 fully saturated rings. The average molecular weight is 303 g/mol. The standard InChI is InChI=1S/C14H20Cl2N2O/c1-13(2,3)8-14(4,5)18-12(19)11-9(15)6-7-10(16)17-11/h6-7H,8H2,1-5H3,(H,18,19). The van der Waals surface area contributed by atoms with Gasteiger partial charge in [0.05, 0.1) is 5.02 Å². The van der Waals surface area contributed by atoms with E-state index < -0.39 is 0 Å². The van der Waals surface area contributed by atoms with Crippen LogP contribution in [-0.2, 0) is 0 Å². The topological polar surface area (TPSA) is 42.0 Å². The highest BCUT2D eigenvalue weighted by molar-refractivity contribution is 6.34. The predicted molar refractivity (Wildman–Crippen MR) is 79.9 cm³/mol. The third kappa shape index (κ3) is 5.37. The van der Waals surface area contributed by atoms with E-state index in [0.29, 0.717) is 5.02 Å². The molecule has 0 atom stereocenters. The Morgan fingerprint density at radius 1 is 1.21 bits per heavy atom. The lowest BCUT2D eigenvalue weighted by Gasteiger charge is -2.33. The van der Waals surface area contributed by atoms with E-state index in [4.69, 9.17) is 23.2 Å². The number of rotatable bonds is 3. The third-order valence-corrected chi connectivity index (χ3v) is 2.97. The number of pyridine rings is 1. The van der Waals surface area contributed by atoms with E-state index in [1.54, 1.807) is 12.1 Å². The molecule has 5 heteroatoms. The average Bonchev–Trinajstić information content (AvgIpc) is 2.16. The molecule has 0 aliphatic carbocycles. The number of nitrogens with one attached hydrogen (secondary N) is 1. The van der Waals surface area contributed by atoms with Crippen LogP contribution in [-0.4, -0.2) is 16.4 Å². The molecule has 0 bridgehead atoms. The van der Waals surface area contributed by atoms with E-state index in [2.05, 4.69) is 31.1 Å². The van der Waals surface area contributed by atoms with Gasteiger partial charge in [0.25, 0.3) is 5.91 Å². The summed E-state index contributed by atoms with van der Waals surface area (Å²) in [7, 11) is 0. The Morgan fingerprint density at radius 3 is 2.32 bits per heavy atom. The number of aromatic nitrogens is 1. The minimum atomic E-state index is -0.345. The van der Waals surface area contributed by atoms with Crippen molar-refractivity contribution < 1.29 is 4.79 Å². The molecule has 1 aromatic rings. The van der Waals surface area contributed by atoms with E-state index in [1.165, 1.54) is 0 Å². The van der Waals surface area contributed by atoms with Crippen LogP contribution in [0.5, 0.6) is 0 Å². The molecule has 1 N–H and O–H groups in total.